The van der Waals surface area contributed by atoms with Gasteiger partial charge in [-0.1, -0.05) is 20.3 Å². The molecule has 1 aromatic heterocycles. The van der Waals surface area contributed by atoms with Crippen molar-refractivity contribution in [3.8, 4) is 5.75 Å². The third-order valence-corrected chi connectivity index (χ3v) is 6.08. The smallest absolute Gasteiger partial charge is 0.407 e. The van der Waals surface area contributed by atoms with E-state index in [1.807, 2.05) is 13.8 Å². The van der Waals surface area contributed by atoms with Crippen molar-refractivity contribution in [3.05, 3.63) is 54.1 Å². The van der Waals surface area contributed by atoms with Crippen LogP contribution >= 0.6 is 0 Å². The molecule has 1 aliphatic rings. The maximum Gasteiger partial charge on any atom is 0.407 e. The summed E-state index contributed by atoms with van der Waals surface area (Å²) in [5.74, 6) is -0.696. The van der Waals surface area contributed by atoms with Crippen molar-refractivity contribution >= 4 is 17.7 Å². The molecule has 1 fully saturated rings. The summed E-state index contributed by atoms with van der Waals surface area (Å²) >= 11 is 0. The molecule has 1 aromatic carbocycles. The van der Waals surface area contributed by atoms with E-state index in [1.54, 1.807) is 43.9 Å². The van der Waals surface area contributed by atoms with Crippen molar-refractivity contribution in [2.24, 2.45) is 11.8 Å². The number of nitrogens with zero attached hydrogens (tertiary/aromatic N) is 2. The number of benzene rings is 1. The van der Waals surface area contributed by atoms with Gasteiger partial charge in [-0.15, -0.1) is 0 Å². The highest BCUT2D eigenvalue weighted by Gasteiger charge is 2.47. The Labute approximate surface area is 200 Å². The van der Waals surface area contributed by atoms with Crippen LogP contribution in [0.3, 0.4) is 0 Å². The minimum absolute atomic E-state index is 0.0754. The average molecular weight is 472 g/mol. The fourth-order valence-electron chi connectivity index (χ4n) is 3.86. The number of aromatic nitrogens is 1. The lowest BCUT2D eigenvalue weighted by molar-refractivity contribution is -0.120. The summed E-state index contributed by atoms with van der Waals surface area (Å²) in [5.41, 5.74) is 0.676. The van der Waals surface area contributed by atoms with Crippen LogP contribution < -0.4 is 10.2 Å². The third-order valence-electron chi connectivity index (χ3n) is 6.08. The van der Waals surface area contributed by atoms with Crippen molar-refractivity contribution < 1.29 is 23.8 Å². The lowest BCUT2D eigenvalue weighted by Crippen LogP contribution is -2.50. The van der Waals surface area contributed by atoms with Gasteiger partial charge in [0.2, 0.25) is 5.91 Å². The second-order valence-corrected chi connectivity index (χ2v) is 9.95. The summed E-state index contributed by atoms with van der Waals surface area (Å²) in [6.07, 6.45) is 2.05. The topological polar surface area (TPSA) is 91.8 Å². The van der Waals surface area contributed by atoms with Crippen LogP contribution in [0.25, 0.3) is 0 Å². The van der Waals surface area contributed by atoms with Crippen LogP contribution in [0.4, 0.5) is 14.9 Å². The number of phenolic OH excluding ortho intramolecular Hbond substituents is 1. The summed E-state index contributed by atoms with van der Waals surface area (Å²) in [7, 11) is 0. The minimum Gasteiger partial charge on any atom is -0.508 e. The predicted molar refractivity (Wildman–Crippen MR) is 128 cm³/mol. The lowest BCUT2D eigenvalue weighted by Gasteiger charge is -2.32. The SMILES string of the molecule is CC[C@H](C)[C@@H](CN(C(=O)[C@@H]1C[C@H]1c1ccc(F)cn1)c1ccc(O)cc1)NC(=O)OC(C)(C)C. The maximum absolute atomic E-state index is 13.6. The van der Waals surface area contributed by atoms with Gasteiger partial charge in [0.25, 0.3) is 0 Å². The van der Waals surface area contributed by atoms with Crippen molar-refractivity contribution in [2.45, 2.75) is 65.0 Å². The number of rotatable bonds is 8. The predicted octanol–water partition coefficient (Wildman–Crippen LogP) is 5.00. The van der Waals surface area contributed by atoms with E-state index < -0.39 is 17.5 Å². The molecule has 0 radical (unpaired) electrons. The molecule has 2 amide bonds. The van der Waals surface area contributed by atoms with Crippen LogP contribution in [0.15, 0.2) is 42.6 Å². The van der Waals surface area contributed by atoms with E-state index >= 15 is 0 Å². The molecule has 0 bridgehead atoms. The lowest BCUT2D eigenvalue weighted by atomic mass is 9.98. The molecule has 8 heteroatoms. The number of phenols is 1. The molecule has 2 N–H and O–H groups in total. The first-order valence-electron chi connectivity index (χ1n) is 11.7. The van der Waals surface area contributed by atoms with Crippen LogP contribution in [-0.4, -0.2) is 40.3 Å². The molecular weight excluding hydrogens is 437 g/mol. The van der Waals surface area contributed by atoms with Crippen molar-refractivity contribution in [3.63, 3.8) is 0 Å². The van der Waals surface area contributed by atoms with Gasteiger partial charge in [0.05, 0.1) is 12.2 Å². The van der Waals surface area contributed by atoms with Crippen LogP contribution in [0.2, 0.25) is 0 Å². The Morgan fingerprint density at radius 3 is 2.47 bits per heavy atom. The normalized spacial score (nSPS) is 19.1. The summed E-state index contributed by atoms with van der Waals surface area (Å²) in [6.45, 7) is 9.69. The number of aromatic hydroxyl groups is 1. The van der Waals surface area contributed by atoms with E-state index in [2.05, 4.69) is 10.3 Å². The number of ether oxygens (including phenoxy) is 1. The molecule has 2 aromatic rings. The molecule has 1 aliphatic carbocycles. The molecule has 1 heterocycles. The number of nitrogens with one attached hydrogen (secondary N) is 1. The van der Waals surface area contributed by atoms with Gasteiger partial charge >= 0.3 is 6.09 Å². The third kappa shape index (κ3) is 6.68. The van der Waals surface area contributed by atoms with E-state index in [1.165, 1.54) is 18.2 Å². The number of alkyl carbamates (subject to hydrolysis) is 1. The van der Waals surface area contributed by atoms with E-state index in [0.29, 0.717) is 17.8 Å². The van der Waals surface area contributed by atoms with Crippen LogP contribution in [0.5, 0.6) is 5.75 Å². The number of halogens is 1. The van der Waals surface area contributed by atoms with Crippen LogP contribution in [0, 0.1) is 17.7 Å². The summed E-state index contributed by atoms with van der Waals surface area (Å²) in [4.78, 5) is 31.9. The van der Waals surface area contributed by atoms with Crippen LogP contribution in [-0.2, 0) is 9.53 Å². The van der Waals surface area contributed by atoms with E-state index in [4.69, 9.17) is 4.74 Å². The second kappa shape index (κ2) is 10.4. The molecule has 3 rings (SSSR count). The largest absolute Gasteiger partial charge is 0.508 e. The minimum atomic E-state index is -0.639. The first kappa shape index (κ1) is 25.5. The Morgan fingerprint density at radius 1 is 1.24 bits per heavy atom. The molecular formula is C26H34FN3O4. The standard InChI is InChI=1S/C26H34FN3O4/c1-6-16(2)23(29-25(33)34-26(3,4)5)15-30(18-8-10-19(31)11-9-18)24(32)21-13-20(21)22-12-7-17(27)14-28-22/h7-12,14,16,20-21,23,31H,6,13,15H2,1-5H3,(H,29,33)/t16-,20+,21+,23+/m0/s1. The Bertz CT molecular complexity index is 989. The van der Waals surface area contributed by atoms with Crippen LogP contribution in [0.1, 0.15) is 59.1 Å². The Kier molecular flexibility index (Phi) is 7.79. The van der Waals surface area contributed by atoms with Gasteiger partial charge in [-0.05, 0) is 69.5 Å². The molecule has 0 spiro atoms. The average Bonchev–Trinajstić information content (AvgIpc) is 3.56. The second-order valence-electron chi connectivity index (χ2n) is 9.95. The van der Waals surface area contributed by atoms with E-state index in [0.717, 1.165) is 12.6 Å². The fraction of sp³-hybridized carbons (Fsp3) is 0.500. The molecule has 34 heavy (non-hydrogen) atoms. The van der Waals surface area contributed by atoms with Gasteiger partial charge in [-0.2, -0.15) is 0 Å². The molecule has 4 atom stereocenters. The molecule has 1 saturated carbocycles. The number of hydrogen-bond acceptors (Lipinski definition) is 5. The highest BCUT2D eigenvalue weighted by molar-refractivity contribution is 5.97. The van der Waals surface area contributed by atoms with Gasteiger partial charge in [-0.3, -0.25) is 9.78 Å². The quantitative estimate of drug-likeness (QED) is 0.565. The molecule has 0 aliphatic heterocycles. The Morgan fingerprint density at radius 2 is 1.91 bits per heavy atom. The first-order valence-corrected chi connectivity index (χ1v) is 11.7. The molecule has 7 nitrogen and oxygen atoms in total. The Balaban J connectivity index is 1.83. The van der Waals surface area contributed by atoms with E-state index in [-0.39, 0.29) is 42.0 Å². The number of amides is 2. The number of carbonyl (C=O) groups is 2. The zero-order chi connectivity index (χ0) is 25.0. The van der Waals surface area contributed by atoms with Crippen molar-refractivity contribution in [1.29, 1.82) is 0 Å². The van der Waals surface area contributed by atoms with Gasteiger partial charge in [0, 0.05) is 29.8 Å². The first-order chi connectivity index (χ1) is 16.0. The summed E-state index contributed by atoms with van der Waals surface area (Å²) in [6, 6.07) is 9.04. The zero-order valence-corrected chi connectivity index (χ0v) is 20.4. The molecule has 0 saturated heterocycles. The molecule has 184 valence electrons. The van der Waals surface area contributed by atoms with Gasteiger partial charge in [-0.25, -0.2) is 9.18 Å². The summed E-state index contributed by atoms with van der Waals surface area (Å²) in [5, 5.41) is 12.7. The number of pyridine rings is 1. The van der Waals surface area contributed by atoms with Gasteiger partial charge < -0.3 is 20.1 Å². The highest BCUT2D eigenvalue weighted by Crippen LogP contribution is 2.48. The molecule has 0 unspecified atom stereocenters. The van der Waals surface area contributed by atoms with Gasteiger partial charge in [0.15, 0.2) is 0 Å². The van der Waals surface area contributed by atoms with E-state index in [9.17, 15) is 19.1 Å². The van der Waals surface area contributed by atoms with Crippen molar-refractivity contribution in [1.82, 2.24) is 10.3 Å². The summed E-state index contributed by atoms with van der Waals surface area (Å²) < 4.78 is 18.7. The van der Waals surface area contributed by atoms with Crippen molar-refractivity contribution in [2.75, 3.05) is 11.4 Å². The monoisotopic (exact) mass is 471 g/mol. The highest BCUT2D eigenvalue weighted by atomic mass is 19.1. The number of carbonyl (C=O) groups excluding carboxylic acids is 2. The zero-order valence-electron chi connectivity index (χ0n) is 20.4. The maximum atomic E-state index is 13.6. The number of anilines is 1. The fourth-order valence-corrected chi connectivity index (χ4v) is 3.86. The number of hydrogen-bond donors (Lipinski definition) is 2. The Hall–Kier alpha value is -3.16. The van der Waals surface area contributed by atoms with Gasteiger partial charge in [0.1, 0.15) is 17.2 Å².